The molecule has 2 heterocycles. The fraction of sp³-hybridized carbons (Fsp3) is 0.333. The maximum absolute atomic E-state index is 12.5. The molecule has 0 saturated heterocycles. The molecule has 3 rings (SSSR count). The lowest BCUT2D eigenvalue weighted by atomic mass is 10.2. The van der Waals surface area contributed by atoms with Crippen LogP contribution >= 0.6 is 11.3 Å². The number of rotatable bonds is 7. The standard InChI is InChI=1S/C18H21N3OS/c1-2-3-7-10-19-12-15-11-17(22)21-16(13-23-18(21)20-15)14-8-5-4-6-9-14/h4-6,8-9,11,13,19H,2-3,7,10,12H2,1H3. The number of nitrogens with zero attached hydrogens (tertiary/aromatic N) is 2. The number of hydrogen-bond acceptors (Lipinski definition) is 4. The van der Waals surface area contributed by atoms with Gasteiger partial charge in [0.1, 0.15) is 0 Å². The zero-order chi connectivity index (χ0) is 16.1. The van der Waals surface area contributed by atoms with Crippen molar-refractivity contribution in [2.45, 2.75) is 32.7 Å². The van der Waals surface area contributed by atoms with Crippen LogP contribution in [0.5, 0.6) is 0 Å². The van der Waals surface area contributed by atoms with Crippen molar-refractivity contribution < 1.29 is 0 Å². The van der Waals surface area contributed by atoms with E-state index < -0.39 is 0 Å². The summed E-state index contributed by atoms with van der Waals surface area (Å²) in [4.78, 5) is 17.9. The molecule has 3 aromatic rings. The zero-order valence-corrected chi connectivity index (χ0v) is 14.1. The Labute approximate surface area is 139 Å². The Balaban J connectivity index is 1.82. The number of aromatic nitrogens is 2. The Hall–Kier alpha value is -1.98. The molecule has 1 aromatic carbocycles. The highest BCUT2D eigenvalue weighted by Gasteiger charge is 2.10. The fourth-order valence-electron chi connectivity index (χ4n) is 2.58. The minimum Gasteiger partial charge on any atom is -0.311 e. The molecule has 0 saturated carbocycles. The van der Waals surface area contributed by atoms with Crippen LogP contribution < -0.4 is 10.9 Å². The van der Waals surface area contributed by atoms with E-state index in [0.717, 1.165) is 34.9 Å². The van der Waals surface area contributed by atoms with E-state index in [1.165, 1.54) is 24.2 Å². The van der Waals surface area contributed by atoms with Gasteiger partial charge >= 0.3 is 0 Å². The normalized spacial score (nSPS) is 11.2. The molecule has 0 aliphatic heterocycles. The minimum absolute atomic E-state index is 0.0135. The summed E-state index contributed by atoms with van der Waals surface area (Å²) in [5, 5.41) is 5.36. The van der Waals surface area contributed by atoms with E-state index in [1.54, 1.807) is 10.5 Å². The molecule has 4 nitrogen and oxygen atoms in total. The molecule has 0 bridgehead atoms. The number of hydrogen-bond donors (Lipinski definition) is 1. The molecular weight excluding hydrogens is 306 g/mol. The fourth-order valence-corrected chi connectivity index (χ4v) is 3.50. The third kappa shape index (κ3) is 3.68. The number of thiazole rings is 1. The van der Waals surface area contributed by atoms with Gasteiger partial charge in [-0.3, -0.25) is 9.20 Å². The van der Waals surface area contributed by atoms with Crippen LogP contribution in [0.3, 0.4) is 0 Å². The lowest BCUT2D eigenvalue weighted by Crippen LogP contribution is -2.20. The van der Waals surface area contributed by atoms with Crippen molar-refractivity contribution in [2.24, 2.45) is 0 Å². The van der Waals surface area contributed by atoms with Crippen LogP contribution in [-0.4, -0.2) is 15.9 Å². The lowest BCUT2D eigenvalue weighted by molar-refractivity contribution is 0.610. The maximum Gasteiger partial charge on any atom is 0.259 e. The highest BCUT2D eigenvalue weighted by Crippen LogP contribution is 2.23. The second kappa shape index (κ2) is 7.53. The summed E-state index contributed by atoms with van der Waals surface area (Å²) >= 11 is 1.51. The SMILES string of the molecule is CCCCCNCc1cc(=O)n2c(-c3ccccc3)csc2n1. The first-order valence-electron chi connectivity index (χ1n) is 8.06. The first-order valence-corrected chi connectivity index (χ1v) is 8.94. The van der Waals surface area contributed by atoms with Crippen molar-refractivity contribution in [1.29, 1.82) is 0 Å². The molecule has 0 amide bonds. The first kappa shape index (κ1) is 15.9. The lowest BCUT2D eigenvalue weighted by Gasteiger charge is -2.05. The van der Waals surface area contributed by atoms with Gasteiger partial charge in [-0.05, 0) is 18.5 Å². The molecule has 0 atom stereocenters. The predicted octanol–water partition coefficient (Wildman–Crippen LogP) is 3.70. The van der Waals surface area contributed by atoms with Crippen molar-refractivity contribution in [3.63, 3.8) is 0 Å². The molecule has 1 N–H and O–H groups in total. The minimum atomic E-state index is -0.0135. The van der Waals surface area contributed by atoms with E-state index in [1.807, 2.05) is 35.7 Å². The van der Waals surface area contributed by atoms with E-state index in [0.29, 0.717) is 6.54 Å². The largest absolute Gasteiger partial charge is 0.311 e. The number of unbranched alkanes of at least 4 members (excludes halogenated alkanes) is 2. The summed E-state index contributed by atoms with van der Waals surface area (Å²) in [6.45, 7) is 3.81. The van der Waals surface area contributed by atoms with E-state index >= 15 is 0 Å². The molecule has 0 aliphatic carbocycles. The van der Waals surface area contributed by atoms with Gasteiger partial charge in [-0.25, -0.2) is 4.98 Å². The van der Waals surface area contributed by atoms with Crippen LogP contribution in [0.2, 0.25) is 0 Å². The molecule has 2 aromatic heterocycles. The van der Waals surface area contributed by atoms with Gasteiger partial charge in [0.05, 0.1) is 11.4 Å². The highest BCUT2D eigenvalue weighted by atomic mass is 32.1. The summed E-state index contributed by atoms with van der Waals surface area (Å²) in [5.41, 5.74) is 2.74. The molecule has 0 unspecified atom stereocenters. The Morgan fingerprint density at radius 3 is 2.83 bits per heavy atom. The number of benzene rings is 1. The van der Waals surface area contributed by atoms with Crippen LogP contribution in [0, 0.1) is 0 Å². The van der Waals surface area contributed by atoms with Crippen molar-refractivity contribution in [2.75, 3.05) is 6.54 Å². The number of fused-ring (bicyclic) bond motifs is 1. The van der Waals surface area contributed by atoms with Gasteiger partial charge in [-0.2, -0.15) is 0 Å². The molecule has 0 fully saturated rings. The summed E-state index contributed by atoms with van der Waals surface area (Å²) < 4.78 is 1.70. The Bertz CT molecular complexity index is 823. The van der Waals surface area contributed by atoms with Gasteiger partial charge in [-0.1, -0.05) is 50.1 Å². The van der Waals surface area contributed by atoms with E-state index in [4.69, 9.17) is 0 Å². The van der Waals surface area contributed by atoms with Crippen LogP contribution in [0.1, 0.15) is 31.9 Å². The quantitative estimate of drug-likeness (QED) is 0.673. The average Bonchev–Trinajstić information content (AvgIpc) is 3.00. The van der Waals surface area contributed by atoms with Crippen molar-refractivity contribution in [3.8, 4) is 11.3 Å². The average molecular weight is 327 g/mol. The third-order valence-electron chi connectivity index (χ3n) is 3.79. The first-order chi connectivity index (χ1) is 11.3. The molecule has 0 aliphatic rings. The summed E-state index contributed by atoms with van der Waals surface area (Å²) in [6, 6.07) is 11.6. The van der Waals surface area contributed by atoms with Crippen LogP contribution in [0.4, 0.5) is 0 Å². The van der Waals surface area contributed by atoms with Crippen LogP contribution in [0.15, 0.2) is 46.6 Å². The molecular formula is C18H21N3OS. The second-order valence-electron chi connectivity index (χ2n) is 5.57. The monoisotopic (exact) mass is 327 g/mol. The summed E-state index contributed by atoms with van der Waals surface area (Å²) in [5.74, 6) is 0. The van der Waals surface area contributed by atoms with Crippen molar-refractivity contribution in [1.82, 2.24) is 14.7 Å². The highest BCUT2D eigenvalue weighted by molar-refractivity contribution is 7.15. The van der Waals surface area contributed by atoms with E-state index in [9.17, 15) is 4.79 Å². The third-order valence-corrected chi connectivity index (χ3v) is 4.62. The maximum atomic E-state index is 12.5. The second-order valence-corrected chi connectivity index (χ2v) is 6.41. The molecule has 120 valence electrons. The van der Waals surface area contributed by atoms with Gasteiger partial charge in [0.15, 0.2) is 4.96 Å². The van der Waals surface area contributed by atoms with Gasteiger partial charge in [0.25, 0.3) is 5.56 Å². The topological polar surface area (TPSA) is 46.4 Å². The smallest absolute Gasteiger partial charge is 0.259 e. The van der Waals surface area contributed by atoms with Crippen molar-refractivity contribution >= 4 is 16.3 Å². The Morgan fingerprint density at radius 2 is 2.04 bits per heavy atom. The van der Waals surface area contributed by atoms with E-state index in [2.05, 4.69) is 17.2 Å². The van der Waals surface area contributed by atoms with Gasteiger partial charge in [-0.15, -0.1) is 11.3 Å². The number of nitrogens with one attached hydrogen (secondary N) is 1. The molecule has 0 radical (unpaired) electrons. The van der Waals surface area contributed by atoms with E-state index in [-0.39, 0.29) is 5.56 Å². The van der Waals surface area contributed by atoms with Crippen LogP contribution in [0.25, 0.3) is 16.2 Å². The molecule has 23 heavy (non-hydrogen) atoms. The molecule has 5 heteroatoms. The van der Waals surface area contributed by atoms with Gasteiger partial charge in [0.2, 0.25) is 0 Å². The Kier molecular flexibility index (Phi) is 5.20. The van der Waals surface area contributed by atoms with Crippen LogP contribution in [-0.2, 0) is 6.54 Å². The van der Waals surface area contributed by atoms with Crippen molar-refractivity contribution in [3.05, 3.63) is 57.8 Å². The zero-order valence-electron chi connectivity index (χ0n) is 13.3. The predicted molar refractivity (Wildman–Crippen MR) is 96.0 cm³/mol. The van der Waals surface area contributed by atoms with Gasteiger partial charge in [0, 0.05) is 18.0 Å². The molecule has 0 spiro atoms. The van der Waals surface area contributed by atoms with Gasteiger partial charge < -0.3 is 5.32 Å². The summed E-state index contributed by atoms with van der Waals surface area (Å²) in [7, 11) is 0. The summed E-state index contributed by atoms with van der Waals surface area (Å²) in [6.07, 6.45) is 3.60. The Morgan fingerprint density at radius 1 is 1.22 bits per heavy atom.